The molecule has 16 heavy (non-hydrogen) atoms. The highest BCUT2D eigenvalue weighted by molar-refractivity contribution is 5.20. The quantitative estimate of drug-likeness (QED) is 0.594. The summed E-state index contributed by atoms with van der Waals surface area (Å²) < 4.78 is 0. The van der Waals surface area contributed by atoms with Crippen LogP contribution in [0.2, 0.25) is 0 Å². The fourth-order valence-electron chi connectivity index (χ4n) is 1.81. The summed E-state index contributed by atoms with van der Waals surface area (Å²) in [6, 6.07) is 9.18. The minimum atomic E-state index is -0.641. The smallest absolute Gasteiger partial charge is 0.213 e. The molecule has 0 aliphatic carbocycles. The van der Waals surface area contributed by atoms with E-state index in [0.29, 0.717) is 6.42 Å². The lowest BCUT2D eigenvalue weighted by atomic mass is 9.91. The van der Waals surface area contributed by atoms with Gasteiger partial charge in [0.25, 0.3) is 0 Å². The fraction of sp³-hybridized carbons (Fsp3) is 0.500. The molecule has 0 heterocycles. The van der Waals surface area contributed by atoms with E-state index < -0.39 is 12.0 Å². The van der Waals surface area contributed by atoms with E-state index in [2.05, 4.69) is 0 Å². The second-order valence-electron chi connectivity index (χ2n) is 3.89. The van der Waals surface area contributed by atoms with Crippen molar-refractivity contribution >= 4 is 0 Å². The lowest BCUT2D eigenvalue weighted by Crippen LogP contribution is -2.25. The van der Waals surface area contributed by atoms with Crippen LogP contribution in [0.15, 0.2) is 30.3 Å². The van der Waals surface area contributed by atoms with Gasteiger partial charge in [0.05, 0.1) is 12.0 Å². The fourth-order valence-corrected chi connectivity index (χ4v) is 1.81. The molecule has 1 aromatic rings. The zero-order chi connectivity index (χ0) is 12.0. The third-order valence-corrected chi connectivity index (χ3v) is 2.62. The largest absolute Gasteiger partial charge is 0.392 e. The maximum Gasteiger partial charge on any atom is 0.213 e. The van der Waals surface area contributed by atoms with Crippen LogP contribution in [0.1, 0.15) is 31.2 Å². The summed E-state index contributed by atoms with van der Waals surface area (Å²) in [5.41, 5.74) is 0.833. The van der Waals surface area contributed by atoms with E-state index >= 15 is 0 Å². The summed E-state index contributed by atoms with van der Waals surface area (Å²) in [6.45, 7) is 1.74. The van der Waals surface area contributed by atoms with E-state index in [0.717, 1.165) is 12.0 Å². The second kappa shape index (κ2) is 6.23. The number of benzene rings is 1. The Morgan fingerprint density at radius 3 is 2.50 bits per heavy atom. The Hall–Kier alpha value is -1.42. The molecule has 0 amide bonds. The molecule has 1 N–H and O–H groups in total. The SMILES string of the molecule is CCCC(O)C(C[N+](=O)[O-])c1ccccc1. The van der Waals surface area contributed by atoms with E-state index in [4.69, 9.17) is 0 Å². The Morgan fingerprint density at radius 2 is 2.00 bits per heavy atom. The van der Waals surface area contributed by atoms with Crippen LogP contribution in [0.3, 0.4) is 0 Å². The van der Waals surface area contributed by atoms with Crippen LogP contribution in [-0.4, -0.2) is 22.7 Å². The Morgan fingerprint density at radius 1 is 1.38 bits per heavy atom. The van der Waals surface area contributed by atoms with Crippen molar-refractivity contribution in [2.24, 2.45) is 0 Å². The molecule has 4 nitrogen and oxygen atoms in total. The van der Waals surface area contributed by atoms with Gasteiger partial charge < -0.3 is 5.11 Å². The summed E-state index contributed by atoms with van der Waals surface area (Å²) in [5.74, 6) is -0.406. The topological polar surface area (TPSA) is 63.4 Å². The van der Waals surface area contributed by atoms with Crippen molar-refractivity contribution in [1.29, 1.82) is 0 Å². The van der Waals surface area contributed by atoms with Gasteiger partial charge in [0, 0.05) is 4.92 Å². The molecule has 0 fully saturated rings. The highest BCUT2D eigenvalue weighted by atomic mass is 16.6. The molecular weight excluding hydrogens is 206 g/mol. The zero-order valence-electron chi connectivity index (χ0n) is 9.37. The van der Waals surface area contributed by atoms with E-state index in [-0.39, 0.29) is 11.5 Å². The van der Waals surface area contributed by atoms with Crippen LogP contribution in [0, 0.1) is 10.1 Å². The molecule has 0 radical (unpaired) electrons. The molecule has 0 aliphatic heterocycles. The summed E-state index contributed by atoms with van der Waals surface area (Å²) in [5, 5.41) is 20.5. The standard InChI is InChI=1S/C12H17NO3/c1-2-6-12(14)11(9-13(15)16)10-7-4-3-5-8-10/h3-5,7-8,11-12,14H,2,6,9H2,1H3. The van der Waals surface area contributed by atoms with Crippen molar-refractivity contribution < 1.29 is 10.0 Å². The van der Waals surface area contributed by atoms with Crippen molar-refractivity contribution in [3.05, 3.63) is 46.0 Å². The number of rotatable bonds is 6. The highest BCUT2D eigenvalue weighted by Gasteiger charge is 2.25. The van der Waals surface area contributed by atoms with Crippen LogP contribution in [-0.2, 0) is 0 Å². The van der Waals surface area contributed by atoms with Crippen molar-refractivity contribution in [1.82, 2.24) is 0 Å². The molecule has 88 valence electrons. The van der Waals surface area contributed by atoms with Crippen molar-refractivity contribution in [2.45, 2.75) is 31.8 Å². The number of nitro groups is 1. The predicted molar refractivity (Wildman–Crippen MR) is 62.0 cm³/mol. The van der Waals surface area contributed by atoms with Crippen LogP contribution < -0.4 is 0 Å². The average Bonchev–Trinajstić information content (AvgIpc) is 2.27. The van der Waals surface area contributed by atoms with Gasteiger partial charge in [-0.2, -0.15) is 0 Å². The zero-order valence-corrected chi connectivity index (χ0v) is 9.37. The molecule has 0 aromatic heterocycles. The normalized spacial score (nSPS) is 14.4. The summed E-state index contributed by atoms with van der Waals surface area (Å²) in [6.07, 6.45) is 0.771. The van der Waals surface area contributed by atoms with Gasteiger partial charge in [-0.05, 0) is 12.0 Å². The lowest BCUT2D eigenvalue weighted by molar-refractivity contribution is -0.485. The molecule has 1 rings (SSSR count). The van der Waals surface area contributed by atoms with Gasteiger partial charge >= 0.3 is 0 Å². The first-order chi connectivity index (χ1) is 7.65. The van der Waals surface area contributed by atoms with E-state index in [9.17, 15) is 15.2 Å². The molecule has 2 unspecified atom stereocenters. The number of aliphatic hydroxyl groups is 1. The van der Waals surface area contributed by atoms with Crippen molar-refractivity contribution in [2.75, 3.05) is 6.54 Å². The number of hydrogen-bond donors (Lipinski definition) is 1. The Bertz CT molecular complexity index is 326. The maximum absolute atomic E-state index is 10.6. The van der Waals surface area contributed by atoms with Gasteiger partial charge in [-0.15, -0.1) is 0 Å². The Kier molecular flexibility index (Phi) is 4.92. The van der Waals surface area contributed by atoms with Gasteiger partial charge in [-0.1, -0.05) is 43.7 Å². The molecule has 0 saturated heterocycles. The van der Waals surface area contributed by atoms with Crippen LogP contribution in [0.25, 0.3) is 0 Å². The summed E-state index contributed by atoms with van der Waals surface area (Å²) >= 11 is 0. The monoisotopic (exact) mass is 223 g/mol. The Balaban J connectivity index is 2.82. The first-order valence-electron chi connectivity index (χ1n) is 5.50. The van der Waals surface area contributed by atoms with Gasteiger partial charge in [0.2, 0.25) is 6.54 Å². The lowest BCUT2D eigenvalue weighted by Gasteiger charge is -2.19. The molecule has 0 aliphatic rings. The Labute approximate surface area is 95.1 Å². The third-order valence-electron chi connectivity index (χ3n) is 2.62. The molecule has 0 spiro atoms. The number of nitrogens with zero attached hydrogens (tertiary/aromatic N) is 1. The molecule has 0 bridgehead atoms. The predicted octanol–water partition coefficient (Wildman–Crippen LogP) is 2.21. The first-order valence-corrected chi connectivity index (χ1v) is 5.50. The van der Waals surface area contributed by atoms with Crippen LogP contribution >= 0.6 is 0 Å². The second-order valence-corrected chi connectivity index (χ2v) is 3.89. The summed E-state index contributed by atoms with van der Waals surface area (Å²) in [7, 11) is 0. The first kappa shape index (κ1) is 12.6. The van der Waals surface area contributed by atoms with Gasteiger partial charge in [-0.25, -0.2) is 0 Å². The maximum atomic E-state index is 10.6. The van der Waals surface area contributed by atoms with Gasteiger partial charge in [0.15, 0.2) is 0 Å². The van der Waals surface area contributed by atoms with Crippen molar-refractivity contribution in [3.63, 3.8) is 0 Å². The van der Waals surface area contributed by atoms with E-state index in [1.54, 1.807) is 0 Å². The van der Waals surface area contributed by atoms with Crippen LogP contribution in [0.5, 0.6) is 0 Å². The third kappa shape index (κ3) is 3.62. The van der Waals surface area contributed by atoms with Crippen LogP contribution in [0.4, 0.5) is 0 Å². The highest BCUT2D eigenvalue weighted by Crippen LogP contribution is 2.22. The molecule has 2 atom stereocenters. The summed E-state index contributed by atoms with van der Waals surface area (Å²) in [4.78, 5) is 10.2. The molecule has 0 saturated carbocycles. The van der Waals surface area contributed by atoms with Gasteiger partial charge in [-0.3, -0.25) is 10.1 Å². The van der Waals surface area contributed by atoms with Crippen molar-refractivity contribution in [3.8, 4) is 0 Å². The minimum Gasteiger partial charge on any atom is -0.392 e. The molecule has 1 aromatic carbocycles. The van der Waals surface area contributed by atoms with E-state index in [1.807, 2.05) is 37.3 Å². The van der Waals surface area contributed by atoms with Gasteiger partial charge in [0.1, 0.15) is 0 Å². The molecular formula is C12H17NO3. The number of hydrogen-bond acceptors (Lipinski definition) is 3. The average molecular weight is 223 g/mol. The molecule has 4 heteroatoms. The van der Waals surface area contributed by atoms with E-state index in [1.165, 1.54) is 0 Å². The number of aliphatic hydroxyl groups excluding tert-OH is 1. The minimum absolute atomic E-state index is 0.217.